The zero-order valence-corrected chi connectivity index (χ0v) is 11.8. The summed E-state index contributed by atoms with van der Waals surface area (Å²) < 4.78 is 5.75. The van der Waals surface area contributed by atoms with Crippen molar-refractivity contribution in [3.8, 4) is 5.75 Å². The van der Waals surface area contributed by atoms with Crippen molar-refractivity contribution in [1.82, 2.24) is 0 Å². The van der Waals surface area contributed by atoms with Crippen molar-refractivity contribution in [2.24, 2.45) is 5.92 Å². The fourth-order valence-corrected chi connectivity index (χ4v) is 2.34. The molecular weight excluding hydrogens is 224 g/mol. The summed E-state index contributed by atoms with van der Waals surface area (Å²) in [6, 6.07) is 2.02. The van der Waals surface area contributed by atoms with E-state index in [1.165, 1.54) is 0 Å². The smallest absolute Gasteiger partial charge is 0.166 e. The predicted molar refractivity (Wildman–Crippen MR) is 73.5 cm³/mol. The van der Waals surface area contributed by atoms with Gasteiger partial charge in [0.05, 0.1) is 6.61 Å². The average molecular weight is 246 g/mol. The highest BCUT2D eigenvalue weighted by Crippen LogP contribution is 2.36. The molecule has 0 N–H and O–H groups in total. The third kappa shape index (κ3) is 2.43. The molecule has 0 aromatic heterocycles. The predicted octanol–water partition coefficient (Wildman–Crippen LogP) is 3.99. The van der Waals surface area contributed by atoms with E-state index in [1.54, 1.807) is 0 Å². The Balaban J connectivity index is 2.37. The molecule has 0 radical (unpaired) electrons. The maximum Gasteiger partial charge on any atom is 0.166 e. The van der Waals surface area contributed by atoms with Crippen LogP contribution in [-0.4, -0.2) is 12.4 Å². The summed E-state index contributed by atoms with van der Waals surface area (Å²) in [5.41, 5.74) is 4.19. The van der Waals surface area contributed by atoms with E-state index in [4.69, 9.17) is 4.74 Å². The van der Waals surface area contributed by atoms with Crippen LogP contribution in [0.15, 0.2) is 6.07 Å². The summed E-state index contributed by atoms with van der Waals surface area (Å²) in [4.78, 5) is 12.3. The monoisotopic (exact) mass is 246 g/mol. The highest BCUT2D eigenvalue weighted by Gasteiger charge is 2.32. The van der Waals surface area contributed by atoms with Crippen LogP contribution in [0.3, 0.4) is 0 Å². The molecule has 1 fully saturated rings. The lowest BCUT2D eigenvalue weighted by Crippen LogP contribution is -2.09. The standard InChI is InChI=1S/C16H22O2/c1-5-8-18-14-9-10(2)15(12(4)11(14)3)16(17)13-6-7-13/h9,13H,5-8H2,1-4H3. The summed E-state index contributed by atoms with van der Waals surface area (Å²) in [6.07, 6.45) is 3.12. The number of aryl methyl sites for hydroxylation is 1. The Morgan fingerprint density at radius 3 is 2.50 bits per heavy atom. The van der Waals surface area contributed by atoms with Gasteiger partial charge in [-0.2, -0.15) is 0 Å². The van der Waals surface area contributed by atoms with Crippen LogP contribution in [-0.2, 0) is 0 Å². The van der Waals surface area contributed by atoms with E-state index >= 15 is 0 Å². The molecule has 2 heteroatoms. The number of hydrogen-bond acceptors (Lipinski definition) is 2. The number of carbonyl (C=O) groups excluding carboxylic acids is 1. The first-order chi connectivity index (χ1) is 8.56. The van der Waals surface area contributed by atoms with Crippen molar-refractivity contribution in [2.45, 2.75) is 47.0 Å². The van der Waals surface area contributed by atoms with Gasteiger partial charge in [-0.1, -0.05) is 6.92 Å². The SMILES string of the molecule is CCCOc1cc(C)c(C(=O)C2CC2)c(C)c1C. The highest BCUT2D eigenvalue weighted by atomic mass is 16.5. The van der Waals surface area contributed by atoms with Crippen molar-refractivity contribution in [2.75, 3.05) is 6.61 Å². The molecular formula is C16H22O2. The third-order valence-corrected chi connectivity index (χ3v) is 3.71. The zero-order chi connectivity index (χ0) is 13.3. The van der Waals surface area contributed by atoms with E-state index < -0.39 is 0 Å². The molecule has 2 nitrogen and oxygen atoms in total. The molecule has 0 aliphatic heterocycles. The second-order valence-electron chi connectivity index (χ2n) is 5.30. The molecule has 2 rings (SSSR count). The number of ether oxygens (including phenoxy) is 1. The largest absolute Gasteiger partial charge is 0.493 e. The Kier molecular flexibility index (Phi) is 3.74. The van der Waals surface area contributed by atoms with Crippen molar-refractivity contribution in [3.05, 3.63) is 28.3 Å². The third-order valence-electron chi connectivity index (χ3n) is 3.71. The molecule has 0 spiro atoms. The minimum absolute atomic E-state index is 0.282. The normalized spacial score (nSPS) is 14.7. The molecule has 18 heavy (non-hydrogen) atoms. The van der Waals surface area contributed by atoms with Gasteiger partial charge in [-0.25, -0.2) is 0 Å². The number of carbonyl (C=O) groups is 1. The molecule has 1 aromatic rings. The molecule has 0 saturated heterocycles. The molecule has 0 bridgehead atoms. The fourth-order valence-electron chi connectivity index (χ4n) is 2.34. The zero-order valence-electron chi connectivity index (χ0n) is 11.8. The minimum atomic E-state index is 0.282. The summed E-state index contributed by atoms with van der Waals surface area (Å²) in [5.74, 6) is 1.54. The average Bonchev–Trinajstić information content (AvgIpc) is 3.16. The fraction of sp³-hybridized carbons (Fsp3) is 0.562. The van der Waals surface area contributed by atoms with E-state index in [-0.39, 0.29) is 5.92 Å². The van der Waals surface area contributed by atoms with Gasteiger partial charge in [0, 0.05) is 11.5 Å². The van der Waals surface area contributed by atoms with Crippen molar-refractivity contribution in [1.29, 1.82) is 0 Å². The number of hydrogen-bond donors (Lipinski definition) is 0. The van der Waals surface area contributed by atoms with Crippen LogP contribution in [0.25, 0.3) is 0 Å². The van der Waals surface area contributed by atoms with Gasteiger partial charge >= 0.3 is 0 Å². The van der Waals surface area contributed by atoms with Crippen LogP contribution >= 0.6 is 0 Å². The van der Waals surface area contributed by atoms with E-state index in [9.17, 15) is 4.79 Å². The molecule has 98 valence electrons. The molecule has 0 amide bonds. The van der Waals surface area contributed by atoms with Gasteiger partial charge in [0.2, 0.25) is 0 Å². The van der Waals surface area contributed by atoms with E-state index in [2.05, 4.69) is 6.92 Å². The highest BCUT2D eigenvalue weighted by molar-refractivity contribution is 6.02. The van der Waals surface area contributed by atoms with E-state index in [1.807, 2.05) is 26.8 Å². The van der Waals surface area contributed by atoms with Gasteiger partial charge in [0.25, 0.3) is 0 Å². The maximum absolute atomic E-state index is 12.3. The van der Waals surface area contributed by atoms with Crippen molar-refractivity contribution >= 4 is 5.78 Å². The second-order valence-corrected chi connectivity index (χ2v) is 5.30. The Morgan fingerprint density at radius 2 is 1.94 bits per heavy atom. The van der Waals surface area contributed by atoms with Crippen molar-refractivity contribution < 1.29 is 9.53 Å². The van der Waals surface area contributed by atoms with Crippen LogP contribution in [0.5, 0.6) is 5.75 Å². The second kappa shape index (κ2) is 5.13. The lowest BCUT2D eigenvalue weighted by Gasteiger charge is -2.16. The number of Topliss-reactive ketones (excluding diaryl/α,β-unsaturated/α-hetero) is 1. The number of ketones is 1. The van der Waals surface area contributed by atoms with Gasteiger partial charge in [-0.15, -0.1) is 0 Å². The van der Waals surface area contributed by atoms with Gasteiger partial charge in [-0.3, -0.25) is 4.79 Å². The summed E-state index contributed by atoms with van der Waals surface area (Å²) in [6.45, 7) is 8.93. The van der Waals surface area contributed by atoms with Crippen LogP contribution in [0.2, 0.25) is 0 Å². The lowest BCUT2D eigenvalue weighted by atomic mass is 9.92. The van der Waals surface area contributed by atoms with E-state index in [0.717, 1.165) is 53.9 Å². The molecule has 1 saturated carbocycles. The Hall–Kier alpha value is -1.31. The lowest BCUT2D eigenvalue weighted by molar-refractivity contribution is 0.0966. The van der Waals surface area contributed by atoms with Crippen LogP contribution in [0, 0.1) is 26.7 Å². The first kappa shape index (κ1) is 13.1. The first-order valence-electron chi connectivity index (χ1n) is 6.84. The number of rotatable bonds is 5. The Bertz CT molecular complexity index is 470. The summed E-state index contributed by atoms with van der Waals surface area (Å²) >= 11 is 0. The Labute approximate surface area is 109 Å². The van der Waals surface area contributed by atoms with Gasteiger partial charge < -0.3 is 4.74 Å². The summed E-state index contributed by atoms with van der Waals surface area (Å²) in [7, 11) is 0. The molecule has 0 heterocycles. The van der Waals surface area contributed by atoms with Crippen LogP contribution in [0.4, 0.5) is 0 Å². The topological polar surface area (TPSA) is 26.3 Å². The minimum Gasteiger partial charge on any atom is -0.493 e. The van der Waals surface area contributed by atoms with Gasteiger partial charge in [0.1, 0.15) is 5.75 Å². The van der Waals surface area contributed by atoms with E-state index in [0.29, 0.717) is 5.78 Å². The molecule has 0 unspecified atom stereocenters. The van der Waals surface area contributed by atoms with Crippen LogP contribution in [0.1, 0.15) is 53.2 Å². The molecule has 1 aliphatic rings. The first-order valence-corrected chi connectivity index (χ1v) is 6.84. The molecule has 1 aliphatic carbocycles. The van der Waals surface area contributed by atoms with Gasteiger partial charge in [-0.05, 0) is 62.8 Å². The summed E-state index contributed by atoms with van der Waals surface area (Å²) in [5, 5.41) is 0. The number of benzene rings is 1. The Morgan fingerprint density at radius 1 is 1.28 bits per heavy atom. The van der Waals surface area contributed by atoms with Crippen LogP contribution < -0.4 is 4.74 Å². The maximum atomic E-state index is 12.3. The molecule has 0 atom stereocenters. The quantitative estimate of drug-likeness (QED) is 0.734. The van der Waals surface area contributed by atoms with Gasteiger partial charge in [0.15, 0.2) is 5.78 Å². The molecule has 1 aromatic carbocycles. The van der Waals surface area contributed by atoms with Crippen molar-refractivity contribution in [3.63, 3.8) is 0 Å².